The number of ether oxygens (including phenoxy) is 1. The van der Waals surface area contributed by atoms with Crippen molar-refractivity contribution in [3.05, 3.63) is 47.0 Å². The van der Waals surface area contributed by atoms with Crippen LogP contribution in [0.2, 0.25) is 5.02 Å². The predicted molar refractivity (Wildman–Crippen MR) is 101 cm³/mol. The first-order valence-corrected chi connectivity index (χ1v) is 8.74. The molecule has 1 aliphatic heterocycles. The van der Waals surface area contributed by atoms with E-state index in [4.69, 9.17) is 27.8 Å². The first kappa shape index (κ1) is 17.1. The zero-order valence-electron chi connectivity index (χ0n) is 14.1. The molecule has 3 aromatic rings. The van der Waals surface area contributed by atoms with Crippen molar-refractivity contribution in [1.29, 1.82) is 0 Å². The summed E-state index contributed by atoms with van der Waals surface area (Å²) in [6, 6.07) is 4.30. The van der Waals surface area contributed by atoms with Crippen LogP contribution in [0.25, 0.3) is 16.8 Å². The van der Waals surface area contributed by atoms with Gasteiger partial charge in [0, 0.05) is 42.5 Å². The van der Waals surface area contributed by atoms with E-state index in [1.54, 1.807) is 12.3 Å². The number of aromatic nitrogens is 2. The van der Waals surface area contributed by atoms with Gasteiger partial charge in [0.15, 0.2) is 5.65 Å². The number of nitrogen functional groups attached to an aromatic ring is 1. The molecule has 3 heterocycles. The third kappa shape index (κ3) is 2.78. The van der Waals surface area contributed by atoms with Crippen molar-refractivity contribution in [1.82, 2.24) is 9.38 Å². The lowest BCUT2D eigenvalue weighted by atomic mass is 10.0. The Hall–Kier alpha value is -2.35. The van der Waals surface area contributed by atoms with E-state index in [-0.39, 0.29) is 6.54 Å². The van der Waals surface area contributed by atoms with Crippen molar-refractivity contribution in [3.63, 3.8) is 0 Å². The summed E-state index contributed by atoms with van der Waals surface area (Å²) in [4.78, 5) is 6.68. The van der Waals surface area contributed by atoms with Crippen molar-refractivity contribution in [2.24, 2.45) is 5.73 Å². The first-order valence-electron chi connectivity index (χ1n) is 8.36. The number of anilines is 2. The fourth-order valence-electron chi connectivity index (χ4n) is 3.35. The molecule has 136 valence electrons. The Labute approximate surface area is 155 Å². The molecule has 0 atom stereocenters. The van der Waals surface area contributed by atoms with Crippen molar-refractivity contribution >= 4 is 28.8 Å². The number of nitrogens with zero attached hydrogens (tertiary/aromatic N) is 3. The highest BCUT2D eigenvalue weighted by molar-refractivity contribution is 6.33. The summed E-state index contributed by atoms with van der Waals surface area (Å²) in [6.45, 7) is 3.11. The van der Waals surface area contributed by atoms with Crippen LogP contribution in [0, 0.1) is 5.82 Å². The Morgan fingerprint density at radius 1 is 1.23 bits per heavy atom. The largest absolute Gasteiger partial charge is 0.395 e. The monoisotopic (exact) mass is 375 g/mol. The van der Waals surface area contributed by atoms with Crippen LogP contribution in [0.15, 0.2) is 30.6 Å². The number of rotatable bonds is 3. The van der Waals surface area contributed by atoms with Crippen molar-refractivity contribution in [3.8, 4) is 11.1 Å². The third-order valence-electron chi connectivity index (χ3n) is 4.69. The molecular weight excluding hydrogens is 357 g/mol. The molecule has 0 aliphatic carbocycles. The van der Waals surface area contributed by atoms with E-state index in [1.807, 2.05) is 10.6 Å². The van der Waals surface area contributed by atoms with Crippen LogP contribution < -0.4 is 16.4 Å². The van der Waals surface area contributed by atoms with Gasteiger partial charge in [-0.05, 0) is 18.2 Å². The molecule has 1 aromatic carbocycles. The van der Waals surface area contributed by atoms with E-state index < -0.39 is 5.82 Å². The van der Waals surface area contributed by atoms with E-state index in [9.17, 15) is 4.39 Å². The van der Waals surface area contributed by atoms with E-state index in [2.05, 4.69) is 9.88 Å². The fourth-order valence-corrected chi connectivity index (χ4v) is 3.62. The second kappa shape index (κ2) is 6.75. The molecule has 26 heavy (non-hydrogen) atoms. The second-order valence-corrected chi connectivity index (χ2v) is 6.58. The van der Waals surface area contributed by atoms with Crippen molar-refractivity contribution < 1.29 is 9.13 Å². The van der Waals surface area contributed by atoms with E-state index in [0.29, 0.717) is 35.1 Å². The number of fused-ring (bicyclic) bond motifs is 1. The fraction of sp³-hybridized carbons (Fsp3) is 0.278. The molecule has 4 N–H and O–H groups in total. The summed E-state index contributed by atoms with van der Waals surface area (Å²) in [6.07, 6.45) is 3.72. The summed E-state index contributed by atoms with van der Waals surface area (Å²) in [7, 11) is 0. The molecule has 1 saturated heterocycles. The average Bonchev–Trinajstić information content (AvgIpc) is 3.07. The Bertz CT molecular complexity index is 968. The van der Waals surface area contributed by atoms with Gasteiger partial charge >= 0.3 is 0 Å². The van der Waals surface area contributed by atoms with E-state index in [1.165, 1.54) is 12.1 Å². The molecule has 0 spiro atoms. The zero-order chi connectivity index (χ0) is 18.3. The molecule has 0 unspecified atom stereocenters. The Morgan fingerprint density at radius 2 is 2.00 bits per heavy atom. The first-order chi connectivity index (χ1) is 12.6. The number of hydrogen-bond acceptors (Lipinski definition) is 5. The number of morpholine rings is 1. The van der Waals surface area contributed by atoms with Crippen LogP contribution in [0.5, 0.6) is 0 Å². The Morgan fingerprint density at radius 3 is 2.69 bits per heavy atom. The van der Waals surface area contributed by atoms with E-state index in [0.717, 1.165) is 30.0 Å². The molecule has 2 aromatic heterocycles. The maximum atomic E-state index is 13.5. The lowest BCUT2D eigenvalue weighted by molar-refractivity contribution is 0.122. The SMILES string of the molecule is NCc1c(-c2ccc(F)cc2Cl)cn2c(N3CCOCC3)cnc2c1N. The number of nitrogens with two attached hydrogens (primary N) is 2. The van der Waals surface area contributed by atoms with E-state index >= 15 is 0 Å². The maximum absolute atomic E-state index is 13.5. The van der Waals surface area contributed by atoms with Crippen LogP contribution in [-0.4, -0.2) is 35.7 Å². The molecule has 0 saturated carbocycles. The standard InChI is InChI=1S/C18H19ClFN5O/c19-15-7-11(20)1-2-12(15)14-10-25-16(24-3-5-26-6-4-24)9-23-18(25)17(22)13(14)8-21/h1-2,7,9-10H,3-6,8,21-22H2. The smallest absolute Gasteiger partial charge is 0.162 e. The summed E-state index contributed by atoms with van der Waals surface area (Å²) >= 11 is 6.29. The molecule has 0 amide bonds. The van der Waals surface area contributed by atoms with Crippen molar-refractivity contribution in [2.75, 3.05) is 36.9 Å². The third-order valence-corrected chi connectivity index (χ3v) is 5.00. The van der Waals surface area contributed by atoms with Gasteiger partial charge in [-0.1, -0.05) is 11.6 Å². The van der Waals surface area contributed by atoms with Crippen LogP contribution >= 0.6 is 11.6 Å². The van der Waals surface area contributed by atoms with Crippen LogP contribution in [0.4, 0.5) is 15.9 Å². The summed E-state index contributed by atoms with van der Waals surface area (Å²) in [5, 5.41) is 0.312. The molecule has 1 aliphatic rings. The molecule has 1 fully saturated rings. The number of imidazole rings is 1. The quantitative estimate of drug-likeness (QED) is 0.735. The Kier molecular flexibility index (Phi) is 4.44. The van der Waals surface area contributed by atoms with Crippen LogP contribution in [-0.2, 0) is 11.3 Å². The predicted octanol–water partition coefficient (Wildman–Crippen LogP) is 2.67. The van der Waals surface area contributed by atoms with Crippen molar-refractivity contribution in [2.45, 2.75) is 6.54 Å². The van der Waals surface area contributed by atoms with Crippen LogP contribution in [0.1, 0.15) is 5.56 Å². The zero-order valence-corrected chi connectivity index (χ0v) is 14.8. The number of pyridine rings is 1. The molecule has 6 nitrogen and oxygen atoms in total. The highest BCUT2D eigenvalue weighted by atomic mass is 35.5. The van der Waals surface area contributed by atoms with Gasteiger partial charge in [-0.25, -0.2) is 9.37 Å². The maximum Gasteiger partial charge on any atom is 0.162 e. The molecule has 8 heteroatoms. The molecule has 4 rings (SSSR count). The highest BCUT2D eigenvalue weighted by Crippen LogP contribution is 2.36. The molecule has 0 bridgehead atoms. The minimum Gasteiger partial charge on any atom is -0.395 e. The van der Waals surface area contributed by atoms with Gasteiger partial charge in [0.05, 0.1) is 30.1 Å². The van der Waals surface area contributed by atoms with Gasteiger partial charge in [0.25, 0.3) is 0 Å². The summed E-state index contributed by atoms with van der Waals surface area (Å²) in [5.41, 5.74) is 15.7. The van der Waals surface area contributed by atoms with Crippen LogP contribution in [0.3, 0.4) is 0 Å². The Balaban J connectivity index is 1.94. The topological polar surface area (TPSA) is 81.8 Å². The van der Waals surface area contributed by atoms with Gasteiger partial charge in [-0.3, -0.25) is 4.40 Å². The summed E-state index contributed by atoms with van der Waals surface area (Å²) < 4.78 is 20.8. The normalized spacial score (nSPS) is 15.0. The second-order valence-electron chi connectivity index (χ2n) is 6.17. The number of benzene rings is 1. The average molecular weight is 376 g/mol. The highest BCUT2D eigenvalue weighted by Gasteiger charge is 2.20. The molecular formula is C18H19ClFN5O. The van der Waals surface area contributed by atoms with Gasteiger partial charge in [-0.2, -0.15) is 0 Å². The minimum atomic E-state index is -0.390. The lowest BCUT2D eigenvalue weighted by Gasteiger charge is -2.28. The minimum absolute atomic E-state index is 0.227. The van der Waals surface area contributed by atoms with Gasteiger partial charge < -0.3 is 21.1 Å². The lowest BCUT2D eigenvalue weighted by Crippen LogP contribution is -2.36. The van der Waals surface area contributed by atoms with Gasteiger partial charge in [-0.15, -0.1) is 0 Å². The summed E-state index contributed by atoms with van der Waals surface area (Å²) in [5.74, 6) is 0.539. The number of halogens is 2. The van der Waals surface area contributed by atoms with Gasteiger partial charge in [0.2, 0.25) is 0 Å². The number of hydrogen-bond donors (Lipinski definition) is 2. The van der Waals surface area contributed by atoms with Gasteiger partial charge in [0.1, 0.15) is 11.6 Å². The molecule has 0 radical (unpaired) electrons.